The van der Waals surface area contributed by atoms with E-state index in [2.05, 4.69) is 21.9 Å². The van der Waals surface area contributed by atoms with Crippen LogP contribution in [0.3, 0.4) is 0 Å². The number of amides is 1. The molecule has 0 aromatic heterocycles. The zero-order valence-corrected chi connectivity index (χ0v) is 11.9. The predicted octanol–water partition coefficient (Wildman–Crippen LogP) is 0.461. The molecule has 6 nitrogen and oxygen atoms in total. The highest BCUT2D eigenvalue weighted by atomic mass is 16.5. The first-order chi connectivity index (χ1) is 10.1. The summed E-state index contributed by atoms with van der Waals surface area (Å²) in [5.41, 5.74) is 12.1. The summed E-state index contributed by atoms with van der Waals surface area (Å²) in [5.74, 6) is 4.86. The number of rotatable bonds is 5. The van der Waals surface area contributed by atoms with Crippen LogP contribution < -0.4 is 16.8 Å². The molecule has 0 fully saturated rings. The Morgan fingerprint density at radius 2 is 2.05 bits per heavy atom. The van der Waals surface area contributed by atoms with Crippen LogP contribution in [-0.4, -0.2) is 32.1 Å². The lowest BCUT2D eigenvalue weighted by atomic mass is 10.1. The first kappa shape index (κ1) is 16.7. The van der Waals surface area contributed by atoms with E-state index in [0.717, 1.165) is 0 Å². The number of esters is 1. The van der Waals surface area contributed by atoms with Crippen LogP contribution in [0.15, 0.2) is 18.2 Å². The summed E-state index contributed by atoms with van der Waals surface area (Å²) < 4.78 is 4.68. The van der Waals surface area contributed by atoms with Crippen LogP contribution >= 0.6 is 0 Å². The topological polar surface area (TPSA) is 107 Å². The van der Waals surface area contributed by atoms with Gasteiger partial charge in [0, 0.05) is 17.7 Å². The molecule has 0 atom stereocenters. The van der Waals surface area contributed by atoms with Crippen molar-refractivity contribution in [3.8, 4) is 11.8 Å². The van der Waals surface area contributed by atoms with Gasteiger partial charge < -0.3 is 21.5 Å². The van der Waals surface area contributed by atoms with Gasteiger partial charge in [0.25, 0.3) is 0 Å². The Labute approximate surface area is 123 Å². The molecule has 1 aromatic carbocycles. The molecule has 0 spiro atoms. The van der Waals surface area contributed by atoms with Crippen molar-refractivity contribution in [3.63, 3.8) is 0 Å². The Morgan fingerprint density at radius 3 is 2.67 bits per heavy atom. The monoisotopic (exact) mass is 289 g/mol. The number of hydrogen-bond acceptors (Lipinski definition) is 5. The van der Waals surface area contributed by atoms with Crippen molar-refractivity contribution in [1.82, 2.24) is 0 Å². The molecule has 0 saturated carbocycles. The standard InChI is InChI=1S/C15H19N3O3/c1-21-15(20)12-8-11(4-2-6-16)9-13(10-12)18-14(19)5-3-7-17/h8-10H,3,5-7,16-17H2,1H3,(H,18,19). The van der Waals surface area contributed by atoms with Crippen LogP contribution in [-0.2, 0) is 9.53 Å². The number of benzene rings is 1. The molecule has 0 aliphatic rings. The molecular weight excluding hydrogens is 270 g/mol. The van der Waals surface area contributed by atoms with Gasteiger partial charge in [-0.1, -0.05) is 11.8 Å². The summed E-state index contributed by atoms with van der Waals surface area (Å²) in [7, 11) is 1.29. The molecule has 21 heavy (non-hydrogen) atoms. The summed E-state index contributed by atoms with van der Waals surface area (Å²) in [5, 5.41) is 2.71. The van der Waals surface area contributed by atoms with Gasteiger partial charge in [0.05, 0.1) is 19.2 Å². The molecule has 0 radical (unpaired) electrons. The highest BCUT2D eigenvalue weighted by Crippen LogP contribution is 2.16. The molecule has 112 valence electrons. The molecule has 1 aromatic rings. The Morgan fingerprint density at radius 1 is 1.29 bits per heavy atom. The van der Waals surface area contributed by atoms with E-state index in [1.807, 2.05) is 0 Å². The zero-order valence-electron chi connectivity index (χ0n) is 11.9. The van der Waals surface area contributed by atoms with Crippen molar-refractivity contribution in [1.29, 1.82) is 0 Å². The Bertz CT molecular complexity index is 573. The van der Waals surface area contributed by atoms with Gasteiger partial charge in [-0.3, -0.25) is 4.79 Å². The van der Waals surface area contributed by atoms with Crippen molar-refractivity contribution in [2.75, 3.05) is 25.5 Å². The predicted molar refractivity (Wildman–Crippen MR) is 80.6 cm³/mol. The van der Waals surface area contributed by atoms with Gasteiger partial charge in [-0.25, -0.2) is 4.79 Å². The molecule has 0 bridgehead atoms. The summed E-state index contributed by atoms with van der Waals surface area (Å²) in [4.78, 5) is 23.3. The summed E-state index contributed by atoms with van der Waals surface area (Å²) in [6.07, 6.45) is 0.922. The number of ether oxygens (including phenoxy) is 1. The molecule has 6 heteroatoms. The van der Waals surface area contributed by atoms with Crippen LogP contribution in [0.25, 0.3) is 0 Å². The van der Waals surface area contributed by atoms with E-state index in [-0.39, 0.29) is 12.5 Å². The van der Waals surface area contributed by atoms with Gasteiger partial charge in [-0.2, -0.15) is 0 Å². The average molecular weight is 289 g/mol. The Kier molecular flexibility index (Phi) is 6.95. The van der Waals surface area contributed by atoms with E-state index in [4.69, 9.17) is 11.5 Å². The Hall–Kier alpha value is -2.36. The largest absolute Gasteiger partial charge is 0.465 e. The zero-order chi connectivity index (χ0) is 15.7. The minimum atomic E-state index is -0.496. The molecule has 0 unspecified atom stereocenters. The highest BCUT2D eigenvalue weighted by molar-refractivity contribution is 5.95. The number of methoxy groups -OCH3 is 1. The van der Waals surface area contributed by atoms with E-state index in [1.165, 1.54) is 7.11 Å². The SMILES string of the molecule is COC(=O)c1cc(C#CCN)cc(NC(=O)CCCN)c1. The van der Waals surface area contributed by atoms with Crippen LogP contribution in [0, 0.1) is 11.8 Å². The maximum Gasteiger partial charge on any atom is 0.337 e. The van der Waals surface area contributed by atoms with Crippen molar-refractivity contribution in [3.05, 3.63) is 29.3 Å². The van der Waals surface area contributed by atoms with Gasteiger partial charge in [0.1, 0.15) is 0 Å². The molecule has 0 aliphatic heterocycles. The lowest BCUT2D eigenvalue weighted by molar-refractivity contribution is -0.116. The number of carbonyl (C=O) groups excluding carboxylic acids is 2. The number of nitrogens with one attached hydrogen (secondary N) is 1. The van der Waals surface area contributed by atoms with Crippen molar-refractivity contribution < 1.29 is 14.3 Å². The number of carbonyl (C=O) groups is 2. The second-order valence-corrected chi connectivity index (χ2v) is 4.24. The molecule has 0 saturated heterocycles. The van der Waals surface area contributed by atoms with E-state index in [1.54, 1.807) is 18.2 Å². The minimum Gasteiger partial charge on any atom is -0.465 e. The number of hydrogen-bond donors (Lipinski definition) is 3. The first-order valence-corrected chi connectivity index (χ1v) is 6.53. The second-order valence-electron chi connectivity index (χ2n) is 4.24. The van der Waals surface area contributed by atoms with Crippen LogP contribution in [0.4, 0.5) is 5.69 Å². The fourth-order valence-corrected chi connectivity index (χ4v) is 1.65. The smallest absolute Gasteiger partial charge is 0.337 e. The Balaban J connectivity index is 3.01. The summed E-state index contributed by atoms with van der Waals surface area (Å²) in [6.45, 7) is 0.656. The summed E-state index contributed by atoms with van der Waals surface area (Å²) >= 11 is 0. The highest BCUT2D eigenvalue weighted by Gasteiger charge is 2.10. The van der Waals surface area contributed by atoms with E-state index in [0.29, 0.717) is 36.2 Å². The molecule has 5 N–H and O–H groups in total. The van der Waals surface area contributed by atoms with Crippen LogP contribution in [0.5, 0.6) is 0 Å². The van der Waals surface area contributed by atoms with Crippen LogP contribution in [0.2, 0.25) is 0 Å². The van der Waals surface area contributed by atoms with E-state index < -0.39 is 5.97 Å². The first-order valence-electron chi connectivity index (χ1n) is 6.53. The fraction of sp³-hybridized carbons (Fsp3) is 0.333. The van der Waals surface area contributed by atoms with Crippen molar-refractivity contribution in [2.24, 2.45) is 11.5 Å². The third-order valence-electron chi connectivity index (χ3n) is 2.58. The quantitative estimate of drug-likeness (QED) is 0.539. The van der Waals surface area contributed by atoms with E-state index in [9.17, 15) is 9.59 Å². The van der Waals surface area contributed by atoms with Gasteiger partial charge in [-0.05, 0) is 31.2 Å². The third-order valence-corrected chi connectivity index (χ3v) is 2.58. The minimum absolute atomic E-state index is 0.166. The van der Waals surface area contributed by atoms with Gasteiger partial charge in [0.15, 0.2) is 0 Å². The van der Waals surface area contributed by atoms with E-state index >= 15 is 0 Å². The number of nitrogens with two attached hydrogens (primary N) is 2. The number of anilines is 1. The average Bonchev–Trinajstić information content (AvgIpc) is 2.49. The normalized spacial score (nSPS) is 9.48. The molecule has 1 amide bonds. The third kappa shape index (κ3) is 5.65. The molecule has 0 aliphatic carbocycles. The maximum absolute atomic E-state index is 11.7. The fourth-order valence-electron chi connectivity index (χ4n) is 1.65. The lowest BCUT2D eigenvalue weighted by Gasteiger charge is -2.08. The summed E-state index contributed by atoms with van der Waals surface area (Å²) in [6, 6.07) is 4.80. The van der Waals surface area contributed by atoms with Crippen molar-refractivity contribution >= 4 is 17.6 Å². The van der Waals surface area contributed by atoms with Gasteiger partial charge in [0.2, 0.25) is 5.91 Å². The molecule has 0 heterocycles. The van der Waals surface area contributed by atoms with Crippen LogP contribution in [0.1, 0.15) is 28.8 Å². The lowest BCUT2D eigenvalue weighted by Crippen LogP contribution is -2.14. The van der Waals surface area contributed by atoms with Gasteiger partial charge >= 0.3 is 5.97 Å². The van der Waals surface area contributed by atoms with Crippen molar-refractivity contribution in [2.45, 2.75) is 12.8 Å². The molecule has 1 rings (SSSR count). The van der Waals surface area contributed by atoms with Gasteiger partial charge in [-0.15, -0.1) is 0 Å². The second kappa shape index (κ2) is 8.74. The molecular formula is C15H19N3O3. The maximum atomic E-state index is 11.7.